The second kappa shape index (κ2) is 8.84. The number of benzene rings is 2. The molecule has 0 fully saturated rings. The third-order valence-corrected chi connectivity index (χ3v) is 8.86. The van der Waals surface area contributed by atoms with Gasteiger partial charge >= 0.3 is 0 Å². The minimum absolute atomic E-state index is 0.123. The molecule has 2 aromatic rings. The first kappa shape index (κ1) is 25.2. The van der Waals surface area contributed by atoms with Gasteiger partial charge in [0.25, 0.3) is 0 Å². The van der Waals surface area contributed by atoms with Crippen molar-refractivity contribution in [1.82, 2.24) is 0 Å². The van der Waals surface area contributed by atoms with Crippen LogP contribution in [0.1, 0.15) is 34.6 Å². The minimum Gasteiger partial charge on any atom is -0.492 e. The van der Waals surface area contributed by atoms with E-state index in [0.717, 1.165) is 6.07 Å². The van der Waals surface area contributed by atoms with E-state index in [1.807, 2.05) is 0 Å². The Morgan fingerprint density at radius 3 is 2.06 bits per heavy atom. The first-order valence-electron chi connectivity index (χ1n) is 9.27. The van der Waals surface area contributed by atoms with Crippen LogP contribution in [0, 0.1) is 5.82 Å². The molecule has 0 aliphatic carbocycles. The molecule has 0 aliphatic heterocycles. The van der Waals surface area contributed by atoms with Crippen molar-refractivity contribution in [3.63, 3.8) is 0 Å². The van der Waals surface area contributed by atoms with Crippen molar-refractivity contribution in [2.75, 3.05) is 16.1 Å². The summed E-state index contributed by atoms with van der Waals surface area (Å²) >= 11 is 5.70. The number of sulfonamides is 2. The average molecular weight is 493 g/mol. The van der Waals surface area contributed by atoms with Gasteiger partial charge in [0.05, 0.1) is 21.1 Å². The lowest BCUT2D eigenvalue weighted by molar-refractivity contribution is 0.281. The van der Waals surface area contributed by atoms with E-state index in [0.29, 0.717) is 11.4 Å². The number of halogens is 2. The number of ether oxygens (including phenoxy) is 1. The Bertz CT molecular complexity index is 1160. The van der Waals surface area contributed by atoms with Crippen LogP contribution in [0.25, 0.3) is 0 Å². The smallest absolute Gasteiger partial charge is 0.241 e. The molecule has 172 valence electrons. The molecule has 0 amide bonds. The summed E-state index contributed by atoms with van der Waals surface area (Å²) in [7, 11) is -7.56. The zero-order chi connectivity index (χ0) is 23.7. The SMILES string of the molecule is CC(C)(C)S(=O)(=O)Nc1cccc(OCC(C)(C)S(=O)(=O)Nc2ccc(F)c(Cl)c2)c1. The van der Waals surface area contributed by atoms with E-state index >= 15 is 0 Å². The lowest BCUT2D eigenvalue weighted by Crippen LogP contribution is -2.42. The Morgan fingerprint density at radius 2 is 1.48 bits per heavy atom. The Kier molecular flexibility index (Phi) is 7.19. The van der Waals surface area contributed by atoms with Crippen molar-refractivity contribution in [2.45, 2.75) is 44.1 Å². The van der Waals surface area contributed by atoms with Gasteiger partial charge in [0.15, 0.2) is 0 Å². The molecule has 0 aliphatic rings. The van der Waals surface area contributed by atoms with Crippen LogP contribution >= 0.6 is 11.6 Å². The quantitative estimate of drug-likeness (QED) is 0.560. The van der Waals surface area contributed by atoms with Crippen molar-refractivity contribution >= 4 is 43.0 Å². The molecule has 0 saturated carbocycles. The van der Waals surface area contributed by atoms with Gasteiger partial charge in [-0.3, -0.25) is 9.44 Å². The largest absolute Gasteiger partial charge is 0.492 e. The zero-order valence-electron chi connectivity index (χ0n) is 17.9. The molecule has 0 radical (unpaired) electrons. The van der Waals surface area contributed by atoms with E-state index in [9.17, 15) is 21.2 Å². The molecule has 0 atom stereocenters. The van der Waals surface area contributed by atoms with Gasteiger partial charge in [-0.1, -0.05) is 17.7 Å². The average Bonchev–Trinajstić information content (AvgIpc) is 2.62. The highest BCUT2D eigenvalue weighted by atomic mass is 35.5. The predicted molar refractivity (Wildman–Crippen MR) is 122 cm³/mol. The van der Waals surface area contributed by atoms with E-state index in [2.05, 4.69) is 9.44 Å². The summed E-state index contributed by atoms with van der Waals surface area (Å²) < 4.78 is 71.6. The maximum Gasteiger partial charge on any atom is 0.241 e. The van der Waals surface area contributed by atoms with E-state index in [1.54, 1.807) is 39.0 Å². The molecular formula is C20H26ClFN2O5S2. The molecule has 0 bridgehead atoms. The van der Waals surface area contributed by atoms with Gasteiger partial charge < -0.3 is 4.74 Å². The highest BCUT2D eigenvalue weighted by Crippen LogP contribution is 2.27. The van der Waals surface area contributed by atoms with Gasteiger partial charge in [-0.05, 0) is 65.0 Å². The second-order valence-corrected chi connectivity index (χ2v) is 13.7. The fraction of sp³-hybridized carbons (Fsp3) is 0.400. The Labute approximate surface area is 188 Å². The Balaban J connectivity index is 2.13. The Morgan fingerprint density at radius 1 is 0.903 bits per heavy atom. The maximum absolute atomic E-state index is 13.3. The maximum atomic E-state index is 13.3. The van der Waals surface area contributed by atoms with Crippen LogP contribution in [-0.2, 0) is 20.0 Å². The van der Waals surface area contributed by atoms with Crippen LogP contribution in [0.4, 0.5) is 15.8 Å². The summed E-state index contributed by atoms with van der Waals surface area (Å²) in [6, 6.07) is 9.72. The summed E-state index contributed by atoms with van der Waals surface area (Å²) in [6.45, 7) is 7.42. The molecule has 0 unspecified atom stereocenters. The molecular weight excluding hydrogens is 467 g/mol. The number of anilines is 2. The zero-order valence-corrected chi connectivity index (χ0v) is 20.3. The molecule has 31 heavy (non-hydrogen) atoms. The van der Waals surface area contributed by atoms with Crippen LogP contribution < -0.4 is 14.2 Å². The van der Waals surface area contributed by atoms with Crippen LogP contribution in [0.3, 0.4) is 0 Å². The van der Waals surface area contributed by atoms with Crippen LogP contribution in [-0.4, -0.2) is 32.9 Å². The lowest BCUT2D eigenvalue weighted by Gasteiger charge is -2.26. The third-order valence-electron chi connectivity index (χ3n) is 4.38. The summed E-state index contributed by atoms with van der Waals surface area (Å²) in [6.07, 6.45) is 0. The van der Waals surface area contributed by atoms with Gasteiger partial charge in [-0.25, -0.2) is 21.2 Å². The van der Waals surface area contributed by atoms with E-state index in [1.165, 1.54) is 32.0 Å². The standard InChI is InChI=1S/C20H26ClFN2O5S2/c1-19(2,3)30(25,26)23-14-7-6-8-16(11-14)29-13-20(4,5)31(27,28)24-15-9-10-18(22)17(21)12-15/h6-12,23-24H,13H2,1-5H3. The number of hydrogen-bond acceptors (Lipinski definition) is 5. The highest BCUT2D eigenvalue weighted by molar-refractivity contribution is 7.94. The molecule has 2 rings (SSSR count). The molecule has 0 spiro atoms. The van der Waals surface area contributed by atoms with Gasteiger partial charge in [0.2, 0.25) is 20.0 Å². The fourth-order valence-electron chi connectivity index (χ4n) is 2.15. The summed E-state index contributed by atoms with van der Waals surface area (Å²) in [4.78, 5) is 0. The van der Waals surface area contributed by atoms with E-state index < -0.39 is 35.4 Å². The van der Waals surface area contributed by atoms with Crippen LogP contribution in [0.15, 0.2) is 42.5 Å². The lowest BCUT2D eigenvalue weighted by atomic mass is 10.2. The number of hydrogen-bond donors (Lipinski definition) is 2. The molecule has 0 heterocycles. The Hall–Kier alpha value is -2.04. The van der Waals surface area contributed by atoms with Gasteiger partial charge in [-0.15, -0.1) is 0 Å². The second-order valence-electron chi connectivity index (χ2n) is 8.53. The minimum atomic E-state index is -3.94. The molecule has 0 saturated heterocycles. The van der Waals surface area contributed by atoms with Gasteiger partial charge in [0.1, 0.15) is 22.9 Å². The van der Waals surface area contributed by atoms with Crippen molar-refractivity contribution in [2.24, 2.45) is 0 Å². The normalized spacial score (nSPS) is 13.0. The molecule has 0 aromatic heterocycles. The summed E-state index contributed by atoms with van der Waals surface area (Å²) in [5, 5.41) is -0.205. The van der Waals surface area contributed by atoms with Crippen molar-refractivity contribution in [3.05, 3.63) is 53.3 Å². The highest BCUT2D eigenvalue weighted by Gasteiger charge is 2.36. The van der Waals surface area contributed by atoms with Crippen molar-refractivity contribution in [3.8, 4) is 5.75 Å². The van der Waals surface area contributed by atoms with Crippen molar-refractivity contribution in [1.29, 1.82) is 0 Å². The van der Waals surface area contributed by atoms with E-state index in [-0.39, 0.29) is 17.3 Å². The molecule has 7 nitrogen and oxygen atoms in total. The monoisotopic (exact) mass is 492 g/mol. The predicted octanol–water partition coefficient (Wildman–Crippen LogP) is 4.62. The first-order chi connectivity index (χ1) is 14.0. The van der Waals surface area contributed by atoms with Gasteiger partial charge in [0, 0.05) is 6.07 Å². The number of rotatable bonds is 8. The van der Waals surface area contributed by atoms with Gasteiger partial charge in [-0.2, -0.15) is 0 Å². The van der Waals surface area contributed by atoms with Crippen LogP contribution in [0.5, 0.6) is 5.75 Å². The fourth-order valence-corrected chi connectivity index (χ4v) is 4.00. The number of nitrogens with one attached hydrogen (secondary N) is 2. The summed E-state index contributed by atoms with van der Waals surface area (Å²) in [5.41, 5.74) is 0.422. The first-order valence-corrected chi connectivity index (χ1v) is 12.6. The van der Waals surface area contributed by atoms with E-state index in [4.69, 9.17) is 16.3 Å². The molecule has 2 N–H and O–H groups in total. The van der Waals surface area contributed by atoms with Crippen molar-refractivity contribution < 1.29 is 26.0 Å². The topological polar surface area (TPSA) is 102 Å². The molecule has 11 heteroatoms. The molecule has 2 aromatic carbocycles. The van der Waals surface area contributed by atoms with Crippen LogP contribution in [0.2, 0.25) is 5.02 Å². The third kappa shape index (κ3) is 6.24. The summed E-state index contributed by atoms with van der Waals surface area (Å²) in [5.74, 6) is -0.364.